The smallest absolute Gasteiger partial charge is 0.239 e. The molecule has 2 aromatic heterocycles. The molecule has 8 heteroatoms. The number of carbonyl (C=O) groups excluding carboxylic acids is 1. The maximum atomic E-state index is 12.2. The molecule has 1 fully saturated rings. The summed E-state index contributed by atoms with van der Waals surface area (Å²) in [5, 5.41) is 11.3. The van der Waals surface area contributed by atoms with Crippen molar-refractivity contribution in [2.24, 2.45) is 7.05 Å². The van der Waals surface area contributed by atoms with Gasteiger partial charge in [-0.1, -0.05) is 0 Å². The van der Waals surface area contributed by atoms with E-state index in [9.17, 15) is 4.79 Å². The highest BCUT2D eigenvalue weighted by atomic mass is 16.2. The molecular formula is C14H21N7O. The predicted molar refractivity (Wildman–Crippen MR) is 81.2 cm³/mol. The number of aromatic nitrogens is 5. The van der Waals surface area contributed by atoms with E-state index >= 15 is 0 Å². The van der Waals surface area contributed by atoms with Crippen molar-refractivity contribution in [3.8, 4) is 0 Å². The molecule has 1 unspecified atom stereocenters. The molecule has 22 heavy (non-hydrogen) atoms. The normalized spacial score (nSPS) is 18.7. The number of nitrogens with one attached hydrogen (secondary N) is 1. The van der Waals surface area contributed by atoms with Crippen molar-refractivity contribution in [2.75, 3.05) is 18.4 Å². The molecule has 1 saturated heterocycles. The highest BCUT2D eigenvalue weighted by molar-refractivity contribution is 5.91. The van der Waals surface area contributed by atoms with E-state index in [0.717, 1.165) is 37.4 Å². The van der Waals surface area contributed by atoms with Gasteiger partial charge in [-0.2, -0.15) is 10.2 Å². The summed E-state index contributed by atoms with van der Waals surface area (Å²) in [6.07, 6.45) is 5.45. The average molecular weight is 303 g/mol. The van der Waals surface area contributed by atoms with Crippen LogP contribution in [-0.4, -0.2) is 54.5 Å². The third kappa shape index (κ3) is 3.33. The Hall–Kier alpha value is -2.22. The van der Waals surface area contributed by atoms with Gasteiger partial charge in [0.15, 0.2) is 0 Å². The van der Waals surface area contributed by atoms with E-state index < -0.39 is 0 Å². The molecule has 0 saturated carbocycles. The summed E-state index contributed by atoms with van der Waals surface area (Å²) in [5.74, 6) is 0.725. The Morgan fingerprint density at radius 3 is 3.05 bits per heavy atom. The van der Waals surface area contributed by atoms with E-state index in [-0.39, 0.29) is 5.91 Å². The number of nitrogens with zero attached hydrogens (tertiary/aromatic N) is 6. The quantitative estimate of drug-likeness (QED) is 0.866. The van der Waals surface area contributed by atoms with Crippen LogP contribution in [0, 0.1) is 6.92 Å². The van der Waals surface area contributed by atoms with Crippen molar-refractivity contribution in [3.63, 3.8) is 0 Å². The molecule has 0 bridgehead atoms. The number of rotatable bonds is 5. The fourth-order valence-electron chi connectivity index (χ4n) is 2.95. The Labute approximate surface area is 129 Å². The summed E-state index contributed by atoms with van der Waals surface area (Å²) in [7, 11) is 1.83. The van der Waals surface area contributed by atoms with Crippen LogP contribution in [0.4, 0.5) is 5.82 Å². The third-order valence-corrected chi connectivity index (χ3v) is 3.98. The lowest BCUT2D eigenvalue weighted by Gasteiger charge is -2.23. The SMILES string of the molecule is Cc1cc(NC(=O)CN2CCCC2Cn2cncn2)n(C)n1. The minimum Gasteiger partial charge on any atom is -0.310 e. The van der Waals surface area contributed by atoms with Gasteiger partial charge in [0.25, 0.3) is 0 Å². The second-order valence-electron chi connectivity index (χ2n) is 5.73. The van der Waals surface area contributed by atoms with E-state index in [4.69, 9.17) is 0 Å². The minimum absolute atomic E-state index is 0.00603. The second-order valence-corrected chi connectivity index (χ2v) is 5.73. The molecule has 0 aromatic carbocycles. The zero-order chi connectivity index (χ0) is 15.5. The van der Waals surface area contributed by atoms with Crippen molar-refractivity contribution in [3.05, 3.63) is 24.4 Å². The zero-order valence-corrected chi connectivity index (χ0v) is 12.9. The molecule has 1 amide bonds. The van der Waals surface area contributed by atoms with Gasteiger partial charge in [-0.25, -0.2) is 4.98 Å². The molecule has 8 nitrogen and oxygen atoms in total. The first-order valence-electron chi connectivity index (χ1n) is 7.49. The number of anilines is 1. The molecule has 2 aromatic rings. The lowest BCUT2D eigenvalue weighted by atomic mass is 10.2. The Balaban J connectivity index is 1.57. The number of carbonyl (C=O) groups is 1. The van der Waals surface area contributed by atoms with Gasteiger partial charge in [0, 0.05) is 19.2 Å². The molecule has 0 radical (unpaired) electrons. The third-order valence-electron chi connectivity index (χ3n) is 3.98. The maximum absolute atomic E-state index is 12.2. The Morgan fingerprint density at radius 2 is 2.36 bits per heavy atom. The Bertz CT molecular complexity index is 634. The highest BCUT2D eigenvalue weighted by Gasteiger charge is 2.27. The monoisotopic (exact) mass is 303 g/mol. The first-order valence-corrected chi connectivity index (χ1v) is 7.49. The van der Waals surface area contributed by atoms with Crippen molar-refractivity contribution in [2.45, 2.75) is 32.4 Å². The fraction of sp³-hybridized carbons (Fsp3) is 0.571. The van der Waals surface area contributed by atoms with Crippen LogP contribution < -0.4 is 5.32 Å². The van der Waals surface area contributed by atoms with Gasteiger partial charge >= 0.3 is 0 Å². The fourth-order valence-corrected chi connectivity index (χ4v) is 2.95. The van der Waals surface area contributed by atoms with Crippen LogP contribution in [0.3, 0.4) is 0 Å². The van der Waals surface area contributed by atoms with Gasteiger partial charge in [-0.05, 0) is 26.3 Å². The van der Waals surface area contributed by atoms with Gasteiger partial charge in [0.05, 0.1) is 18.8 Å². The molecule has 0 spiro atoms. The summed E-state index contributed by atoms with van der Waals surface area (Å²) in [6.45, 7) is 4.02. The standard InChI is InChI=1S/C14H21N7O/c1-11-6-13(19(2)18-11)17-14(22)8-20-5-3-4-12(20)7-21-10-15-9-16-21/h6,9-10,12H,3-5,7-8H2,1-2H3,(H,17,22). The molecule has 1 aliphatic heterocycles. The summed E-state index contributed by atoms with van der Waals surface area (Å²) < 4.78 is 3.51. The van der Waals surface area contributed by atoms with Crippen LogP contribution in [-0.2, 0) is 18.4 Å². The van der Waals surface area contributed by atoms with E-state index in [2.05, 4.69) is 25.4 Å². The zero-order valence-electron chi connectivity index (χ0n) is 12.9. The van der Waals surface area contributed by atoms with Crippen LogP contribution in [0.1, 0.15) is 18.5 Å². The van der Waals surface area contributed by atoms with Crippen LogP contribution in [0.5, 0.6) is 0 Å². The van der Waals surface area contributed by atoms with Crippen molar-refractivity contribution < 1.29 is 4.79 Å². The average Bonchev–Trinajstić information content (AvgIpc) is 3.16. The van der Waals surface area contributed by atoms with Crippen LogP contribution in [0.2, 0.25) is 0 Å². The summed E-state index contributed by atoms with van der Waals surface area (Å²) in [4.78, 5) is 18.4. The number of hydrogen-bond acceptors (Lipinski definition) is 5. The number of hydrogen-bond donors (Lipinski definition) is 1. The minimum atomic E-state index is -0.00603. The van der Waals surface area contributed by atoms with Gasteiger partial charge in [0.2, 0.25) is 5.91 Å². The maximum Gasteiger partial charge on any atom is 0.239 e. The lowest BCUT2D eigenvalue weighted by Crippen LogP contribution is -2.39. The van der Waals surface area contributed by atoms with Gasteiger partial charge in [-0.15, -0.1) is 0 Å². The van der Waals surface area contributed by atoms with Crippen LogP contribution in [0.25, 0.3) is 0 Å². The van der Waals surface area contributed by atoms with Gasteiger partial charge in [0.1, 0.15) is 18.5 Å². The molecule has 1 N–H and O–H groups in total. The molecule has 1 atom stereocenters. The molecule has 3 heterocycles. The molecule has 1 aliphatic rings. The van der Waals surface area contributed by atoms with Crippen molar-refractivity contribution >= 4 is 11.7 Å². The summed E-state index contributed by atoms with van der Waals surface area (Å²) in [5.41, 5.74) is 0.892. The van der Waals surface area contributed by atoms with E-state index in [1.54, 1.807) is 11.0 Å². The lowest BCUT2D eigenvalue weighted by molar-refractivity contribution is -0.117. The molecule has 3 rings (SSSR count). The highest BCUT2D eigenvalue weighted by Crippen LogP contribution is 2.18. The van der Waals surface area contributed by atoms with Crippen molar-refractivity contribution in [1.29, 1.82) is 0 Å². The number of aryl methyl sites for hydroxylation is 2. The topological polar surface area (TPSA) is 80.9 Å². The van der Waals surface area contributed by atoms with Crippen LogP contribution >= 0.6 is 0 Å². The summed E-state index contributed by atoms with van der Waals surface area (Å²) >= 11 is 0. The van der Waals surface area contributed by atoms with Gasteiger partial charge in [-0.3, -0.25) is 19.1 Å². The van der Waals surface area contributed by atoms with Crippen LogP contribution in [0.15, 0.2) is 18.7 Å². The van der Waals surface area contributed by atoms with Crippen molar-refractivity contribution in [1.82, 2.24) is 29.4 Å². The number of amides is 1. The Kier molecular flexibility index (Phi) is 4.19. The van der Waals surface area contributed by atoms with E-state index in [0.29, 0.717) is 12.6 Å². The van der Waals surface area contributed by atoms with E-state index in [1.165, 1.54) is 6.33 Å². The van der Waals surface area contributed by atoms with Gasteiger partial charge < -0.3 is 5.32 Å². The second kappa shape index (κ2) is 6.27. The Morgan fingerprint density at radius 1 is 1.50 bits per heavy atom. The summed E-state index contributed by atoms with van der Waals surface area (Å²) in [6, 6.07) is 2.20. The van der Waals surface area contributed by atoms with E-state index in [1.807, 2.05) is 24.7 Å². The number of likely N-dealkylation sites (tertiary alicyclic amines) is 1. The molecule has 0 aliphatic carbocycles. The largest absolute Gasteiger partial charge is 0.310 e. The first kappa shape index (κ1) is 14.7. The predicted octanol–water partition coefficient (Wildman–Crippen LogP) is 0.423. The molecular weight excluding hydrogens is 282 g/mol. The first-order chi connectivity index (χ1) is 10.6. The molecule has 118 valence electrons.